The van der Waals surface area contributed by atoms with Crippen LogP contribution in [0, 0.1) is 17.8 Å². The van der Waals surface area contributed by atoms with Gasteiger partial charge in [-0.2, -0.15) is 0 Å². The van der Waals surface area contributed by atoms with Gasteiger partial charge >= 0.3 is 0 Å². The molecule has 4 atom stereocenters. The Morgan fingerprint density at radius 3 is 2.68 bits per heavy atom. The first kappa shape index (κ1) is 13.4. The van der Waals surface area contributed by atoms with Gasteiger partial charge in [0, 0.05) is 25.2 Å². The van der Waals surface area contributed by atoms with Crippen molar-refractivity contribution in [2.75, 3.05) is 26.7 Å². The van der Waals surface area contributed by atoms with Crippen LogP contribution in [0.15, 0.2) is 0 Å². The highest BCUT2D eigenvalue weighted by Gasteiger charge is 2.42. The van der Waals surface area contributed by atoms with Gasteiger partial charge in [-0.25, -0.2) is 0 Å². The summed E-state index contributed by atoms with van der Waals surface area (Å²) < 4.78 is 0. The summed E-state index contributed by atoms with van der Waals surface area (Å²) in [6, 6.07) is 0.902. The van der Waals surface area contributed by atoms with E-state index in [-0.39, 0.29) is 5.91 Å². The van der Waals surface area contributed by atoms with E-state index in [2.05, 4.69) is 22.5 Å². The maximum Gasteiger partial charge on any atom is 0.234 e. The SMILES string of the molecule is CC(NC(=O)CN(C)C1CNC1)C1CC2CCC1C2. The van der Waals surface area contributed by atoms with E-state index < -0.39 is 0 Å². The van der Waals surface area contributed by atoms with Gasteiger partial charge < -0.3 is 10.6 Å². The van der Waals surface area contributed by atoms with Crippen LogP contribution in [0.25, 0.3) is 0 Å². The third-order valence-corrected chi connectivity index (χ3v) is 5.60. The van der Waals surface area contributed by atoms with Crippen molar-refractivity contribution in [1.82, 2.24) is 15.5 Å². The van der Waals surface area contributed by atoms with E-state index in [1.165, 1.54) is 25.7 Å². The van der Waals surface area contributed by atoms with Crippen molar-refractivity contribution in [2.45, 2.75) is 44.7 Å². The molecule has 1 aliphatic heterocycles. The molecule has 0 aromatic rings. The van der Waals surface area contributed by atoms with Crippen LogP contribution in [0.2, 0.25) is 0 Å². The van der Waals surface area contributed by atoms with Gasteiger partial charge in [0.2, 0.25) is 5.91 Å². The number of hydrogen-bond acceptors (Lipinski definition) is 3. The molecule has 3 rings (SSSR count). The van der Waals surface area contributed by atoms with Crippen molar-refractivity contribution in [2.24, 2.45) is 17.8 Å². The second-order valence-electron chi connectivity index (χ2n) is 6.92. The maximum atomic E-state index is 12.1. The Kier molecular flexibility index (Phi) is 3.81. The number of fused-ring (bicyclic) bond motifs is 2. The van der Waals surface area contributed by atoms with Crippen LogP contribution in [0.1, 0.15) is 32.6 Å². The Bertz CT molecular complexity index is 342. The number of nitrogens with one attached hydrogen (secondary N) is 2. The van der Waals surface area contributed by atoms with Crippen molar-refractivity contribution in [1.29, 1.82) is 0 Å². The third kappa shape index (κ3) is 2.79. The molecule has 2 bridgehead atoms. The van der Waals surface area contributed by atoms with Crippen molar-refractivity contribution < 1.29 is 4.79 Å². The van der Waals surface area contributed by atoms with Gasteiger partial charge in [0.25, 0.3) is 0 Å². The highest BCUT2D eigenvalue weighted by atomic mass is 16.2. The Hall–Kier alpha value is -0.610. The molecule has 108 valence electrons. The first-order chi connectivity index (χ1) is 9.13. The molecule has 0 aromatic carbocycles. The molecule has 3 fully saturated rings. The van der Waals surface area contributed by atoms with Gasteiger partial charge in [-0.05, 0) is 51.0 Å². The minimum absolute atomic E-state index is 0.199. The zero-order chi connectivity index (χ0) is 13.4. The van der Waals surface area contributed by atoms with Gasteiger partial charge in [-0.3, -0.25) is 9.69 Å². The van der Waals surface area contributed by atoms with E-state index in [1.54, 1.807) is 0 Å². The van der Waals surface area contributed by atoms with E-state index in [4.69, 9.17) is 0 Å². The lowest BCUT2D eigenvalue weighted by Crippen LogP contribution is -2.58. The van der Waals surface area contributed by atoms with Crippen molar-refractivity contribution in [3.05, 3.63) is 0 Å². The predicted octanol–water partition coefficient (Wildman–Crippen LogP) is 0.831. The van der Waals surface area contributed by atoms with E-state index in [9.17, 15) is 4.79 Å². The molecule has 1 amide bonds. The third-order valence-electron chi connectivity index (χ3n) is 5.60. The smallest absolute Gasteiger partial charge is 0.234 e. The van der Waals surface area contributed by atoms with E-state index in [0.29, 0.717) is 18.6 Å². The number of hydrogen-bond donors (Lipinski definition) is 2. The Labute approximate surface area is 116 Å². The van der Waals surface area contributed by atoms with Crippen LogP contribution in [0.5, 0.6) is 0 Å². The molecule has 4 heteroatoms. The first-order valence-electron chi connectivity index (χ1n) is 7.84. The van der Waals surface area contributed by atoms with E-state index in [0.717, 1.165) is 30.8 Å². The summed E-state index contributed by atoms with van der Waals surface area (Å²) in [5.74, 6) is 2.77. The van der Waals surface area contributed by atoms with Gasteiger partial charge in [-0.1, -0.05) is 6.42 Å². The molecular formula is C15H27N3O. The normalized spacial score (nSPS) is 35.4. The molecule has 19 heavy (non-hydrogen) atoms. The largest absolute Gasteiger partial charge is 0.352 e. The average Bonchev–Trinajstić information content (AvgIpc) is 2.87. The summed E-state index contributed by atoms with van der Waals surface area (Å²) in [7, 11) is 2.05. The van der Waals surface area contributed by atoms with Gasteiger partial charge in [-0.15, -0.1) is 0 Å². The minimum Gasteiger partial charge on any atom is -0.352 e. The van der Waals surface area contributed by atoms with Crippen molar-refractivity contribution in [3.8, 4) is 0 Å². The zero-order valence-corrected chi connectivity index (χ0v) is 12.2. The van der Waals surface area contributed by atoms with Crippen molar-refractivity contribution >= 4 is 5.91 Å². The number of nitrogens with zero attached hydrogens (tertiary/aromatic N) is 1. The molecule has 0 radical (unpaired) electrons. The maximum absolute atomic E-state index is 12.1. The molecule has 0 aromatic heterocycles. The molecule has 2 N–H and O–H groups in total. The molecule has 4 nitrogen and oxygen atoms in total. The van der Waals surface area contributed by atoms with Crippen molar-refractivity contribution in [3.63, 3.8) is 0 Å². The van der Waals surface area contributed by atoms with Crippen LogP contribution >= 0.6 is 0 Å². The second-order valence-corrected chi connectivity index (χ2v) is 6.92. The van der Waals surface area contributed by atoms with E-state index >= 15 is 0 Å². The van der Waals surface area contributed by atoms with Crippen LogP contribution in [-0.2, 0) is 4.79 Å². The monoisotopic (exact) mass is 265 g/mol. The number of amides is 1. The highest BCUT2D eigenvalue weighted by Crippen LogP contribution is 2.49. The lowest BCUT2D eigenvalue weighted by Gasteiger charge is -2.35. The number of likely N-dealkylation sites (N-methyl/N-ethyl adjacent to an activating group) is 1. The number of carbonyl (C=O) groups is 1. The summed E-state index contributed by atoms with van der Waals surface area (Å²) in [6.45, 7) is 4.78. The minimum atomic E-state index is 0.199. The Morgan fingerprint density at radius 2 is 2.16 bits per heavy atom. The fourth-order valence-electron chi connectivity index (χ4n) is 4.25. The molecule has 2 saturated carbocycles. The molecule has 1 saturated heterocycles. The second kappa shape index (κ2) is 5.41. The average molecular weight is 265 g/mol. The van der Waals surface area contributed by atoms with Crippen LogP contribution in [0.4, 0.5) is 0 Å². The van der Waals surface area contributed by atoms with Gasteiger partial charge in [0.1, 0.15) is 0 Å². The summed E-state index contributed by atoms with van der Waals surface area (Å²) in [6.07, 6.45) is 5.58. The lowest BCUT2D eigenvalue weighted by atomic mass is 9.84. The fraction of sp³-hybridized carbons (Fsp3) is 0.933. The van der Waals surface area contributed by atoms with Crippen LogP contribution in [-0.4, -0.2) is 49.6 Å². The standard InChI is InChI=1S/C15H27N3O/c1-10(14-6-11-3-4-12(14)5-11)17-15(19)9-18(2)13-7-16-8-13/h10-14,16H,3-9H2,1-2H3,(H,17,19). The zero-order valence-electron chi connectivity index (χ0n) is 12.2. The highest BCUT2D eigenvalue weighted by molar-refractivity contribution is 5.78. The predicted molar refractivity (Wildman–Crippen MR) is 75.8 cm³/mol. The summed E-state index contributed by atoms with van der Waals surface area (Å²) >= 11 is 0. The van der Waals surface area contributed by atoms with E-state index in [1.807, 2.05) is 7.05 Å². The van der Waals surface area contributed by atoms with Gasteiger partial charge in [0.05, 0.1) is 6.54 Å². The molecule has 0 spiro atoms. The van der Waals surface area contributed by atoms with Crippen LogP contribution in [0.3, 0.4) is 0 Å². The Balaban J connectivity index is 1.43. The molecule has 1 heterocycles. The quantitative estimate of drug-likeness (QED) is 0.774. The number of carbonyl (C=O) groups excluding carboxylic acids is 1. The summed E-state index contributed by atoms with van der Waals surface area (Å²) in [5.41, 5.74) is 0. The van der Waals surface area contributed by atoms with Gasteiger partial charge in [0.15, 0.2) is 0 Å². The number of rotatable bonds is 5. The topological polar surface area (TPSA) is 44.4 Å². The molecule has 2 aliphatic carbocycles. The summed E-state index contributed by atoms with van der Waals surface area (Å²) in [5, 5.41) is 6.49. The molecule has 3 aliphatic rings. The van der Waals surface area contributed by atoms with Crippen LogP contribution < -0.4 is 10.6 Å². The fourth-order valence-corrected chi connectivity index (χ4v) is 4.25. The lowest BCUT2D eigenvalue weighted by molar-refractivity contribution is -0.123. The summed E-state index contributed by atoms with van der Waals surface area (Å²) in [4.78, 5) is 14.3. The first-order valence-corrected chi connectivity index (χ1v) is 7.84. The molecule has 4 unspecified atom stereocenters. The molecular weight excluding hydrogens is 238 g/mol. The Morgan fingerprint density at radius 1 is 1.37 bits per heavy atom.